The van der Waals surface area contributed by atoms with Gasteiger partial charge in [-0.15, -0.1) is 0 Å². The maximum atomic E-state index is 13.0. The minimum atomic E-state index is -3.10. The number of rotatable bonds is 5. The van der Waals surface area contributed by atoms with Crippen LogP contribution in [0.3, 0.4) is 0 Å². The van der Waals surface area contributed by atoms with Crippen LogP contribution in [-0.2, 0) is 26.6 Å². The molecule has 1 amide bonds. The molecule has 0 aromatic heterocycles. The fourth-order valence-electron chi connectivity index (χ4n) is 3.60. The molecule has 2 aromatic rings. The van der Waals surface area contributed by atoms with Gasteiger partial charge in [-0.1, -0.05) is 68.8 Å². The van der Waals surface area contributed by atoms with Crippen LogP contribution in [0.2, 0.25) is 5.02 Å². The predicted molar refractivity (Wildman–Crippen MR) is 123 cm³/mol. The fraction of sp³-hybridized carbons (Fsp3) is 0.375. The molecule has 1 fully saturated rings. The molecular weight excluding hydrogens is 418 g/mol. The molecule has 0 saturated carbocycles. The standard InChI is InChI=1S/C24H28ClNO3S/c1-24(2,3)20-10-7-18(8-11-20)9-12-23(27)26(22-13-14-30(28,29)17-22)16-19-5-4-6-21(25)15-19/h4-12,15,22H,13-14,16-17H2,1-3H3/b12-9+. The molecule has 4 nitrogen and oxygen atoms in total. The van der Waals surface area contributed by atoms with Gasteiger partial charge in [-0.25, -0.2) is 8.42 Å². The first-order valence-electron chi connectivity index (χ1n) is 10.1. The van der Waals surface area contributed by atoms with Crippen molar-refractivity contribution in [3.63, 3.8) is 0 Å². The van der Waals surface area contributed by atoms with E-state index in [-0.39, 0.29) is 28.9 Å². The largest absolute Gasteiger partial charge is 0.331 e. The second kappa shape index (κ2) is 8.94. The van der Waals surface area contributed by atoms with E-state index in [9.17, 15) is 13.2 Å². The van der Waals surface area contributed by atoms with Crippen molar-refractivity contribution < 1.29 is 13.2 Å². The smallest absolute Gasteiger partial charge is 0.247 e. The molecule has 1 atom stereocenters. The summed E-state index contributed by atoms with van der Waals surface area (Å²) in [5.41, 5.74) is 3.10. The Labute approximate surface area is 184 Å². The van der Waals surface area contributed by atoms with Crippen molar-refractivity contribution in [1.82, 2.24) is 4.90 Å². The maximum Gasteiger partial charge on any atom is 0.247 e. The van der Waals surface area contributed by atoms with Crippen LogP contribution in [-0.4, -0.2) is 36.8 Å². The number of carbonyl (C=O) groups is 1. The van der Waals surface area contributed by atoms with Crippen LogP contribution < -0.4 is 0 Å². The molecule has 0 bridgehead atoms. The zero-order valence-corrected chi connectivity index (χ0v) is 19.2. The van der Waals surface area contributed by atoms with E-state index >= 15 is 0 Å². The van der Waals surface area contributed by atoms with Gasteiger partial charge < -0.3 is 4.90 Å². The van der Waals surface area contributed by atoms with Gasteiger partial charge in [0.1, 0.15) is 0 Å². The van der Waals surface area contributed by atoms with Crippen LogP contribution in [0.4, 0.5) is 0 Å². The number of amides is 1. The Hall–Kier alpha value is -2.11. The molecule has 1 heterocycles. The first-order chi connectivity index (χ1) is 14.0. The number of hydrogen-bond donors (Lipinski definition) is 0. The summed E-state index contributed by atoms with van der Waals surface area (Å²) in [4.78, 5) is 14.7. The molecule has 1 unspecified atom stereocenters. The number of halogens is 1. The molecule has 1 saturated heterocycles. The van der Waals surface area contributed by atoms with Crippen molar-refractivity contribution in [2.24, 2.45) is 0 Å². The average molecular weight is 446 g/mol. The van der Waals surface area contributed by atoms with Crippen molar-refractivity contribution >= 4 is 33.4 Å². The summed E-state index contributed by atoms with van der Waals surface area (Å²) in [5, 5.41) is 0.591. The Bertz CT molecular complexity index is 1040. The van der Waals surface area contributed by atoms with E-state index < -0.39 is 9.84 Å². The lowest BCUT2D eigenvalue weighted by Crippen LogP contribution is -2.39. The van der Waals surface area contributed by atoms with E-state index in [0.29, 0.717) is 18.0 Å². The van der Waals surface area contributed by atoms with E-state index in [1.54, 1.807) is 23.1 Å². The number of hydrogen-bond acceptors (Lipinski definition) is 3. The van der Waals surface area contributed by atoms with Crippen LogP contribution in [0.25, 0.3) is 6.08 Å². The summed E-state index contributed by atoms with van der Waals surface area (Å²) >= 11 is 6.09. The van der Waals surface area contributed by atoms with E-state index in [1.165, 1.54) is 11.6 Å². The normalized spacial score (nSPS) is 18.6. The Morgan fingerprint density at radius 2 is 1.87 bits per heavy atom. The SMILES string of the molecule is CC(C)(C)c1ccc(/C=C/C(=O)N(Cc2cccc(Cl)c2)C2CCS(=O)(=O)C2)cc1. The topological polar surface area (TPSA) is 54.5 Å². The van der Waals surface area contributed by atoms with Crippen molar-refractivity contribution in [2.75, 3.05) is 11.5 Å². The minimum absolute atomic E-state index is 0.00737. The van der Waals surface area contributed by atoms with Crippen molar-refractivity contribution in [3.8, 4) is 0 Å². The van der Waals surface area contributed by atoms with Gasteiger partial charge in [-0.05, 0) is 46.7 Å². The number of sulfone groups is 1. The molecule has 0 spiro atoms. The second-order valence-electron chi connectivity index (χ2n) is 8.86. The molecule has 0 radical (unpaired) electrons. The number of benzene rings is 2. The van der Waals surface area contributed by atoms with Gasteiger partial charge in [0.05, 0.1) is 11.5 Å². The monoisotopic (exact) mass is 445 g/mol. The van der Waals surface area contributed by atoms with E-state index in [1.807, 2.05) is 24.3 Å². The van der Waals surface area contributed by atoms with Crippen LogP contribution in [0.5, 0.6) is 0 Å². The second-order valence-corrected chi connectivity index (χ2v) is 11.5. The van der Waals surface area contributed by atoms with Gasteiger partial charge in [-0.2, -0.15) is 0 Å². The summed E-state index contributed by atoms with van der Waals surface area (Å²) in [7, 11) is -3.10. The summed E-state index contributed by atoms with van der Waals surface area (Å²) < 4.78 is 24.0. The number of carbonyl (C=O) groups excluding carboxylic acids is 1. The third kappa shape index (κ3) is 5.96. The van der Waals surface area contributed by atoms with E-state index in [0.717, 1.165) is 11.1 Å². The van der Waals surface area contributed by atoms with E-state index in [4.69, 9.17) is 11.6 Å². The quantitative estimate of drug-likeness (QED) is 0.617. The maximum absolute atomic E-state index is 13.0. The Balaban J connectivity index is 1.80. The lowest BCUT2D eigenvalue weighted by Gasteiger charge is -2.27. The van der Waals surface area contributed by atoms with Crippen molar-refractivity contribution in [2.45, 2.75) is 45.2 Å². The Kier molecular flexibility index (Phi) is 6.73. The first kappa shape index (κ1) is 22.6. The van der Waals surface area contributed by atoms with Crippen LogP contribution in [0, 0.1) is 0 Å². The van der Waals surface area contributed by atoms with Crippen LogP contribution in [0.15, 0.2) is 54.6 Å². The molecule has 3 rings (SSSR count). The summed E-state index contributed by atoms with van der Waals surface area (Å²) in [6.45, 7) is 6.80. The lowest BCUT2D eigenvalue weighted by atomic mass is 9.87. The van der Waals surface area contributed by atoms with Crippen LogP contribution >= 0.6 is 11.6 Å². The number of nitrogens with zero attached hydrogens (tertiary/aromatic N) is 1. The molecular formula is C24H28ClNO3S. The summed E-state index contributed by atoms with van der Waals surface area (Å²) in [6, 6.07) is 15.1. The molecule has 30 heavy (non-hydrogen) atoms. The Morgan fingerprint density at radius 1 is 1.17 bits per heavy atom. The highest BCUT2D eigenvalue weighted by Gasteiger charge is 2.34. The first-order valence-corrected chi connectivity index (χ1v) is 12.3. The molecule has 2 aromatic carbocycles. The van der Waals surface area contributed by atoms with Gasteiger partial charge in [0.2, 0.25) is 5.91 Å². The van der Waals surface area contributed by atoms with Crippen LogP contribution in [0.1, 0.15) is 43.9 Å². The molecule has 160 valence electrons. The van der Waals surface area contributed by atoms with Crippen molar-refractivity contribution in [1.29, 1.82) is 0 Å². The predicted octanol–water partition coefficient (Wildman–Crippen LogP) is 4.87. The third-order valence-electron chi connectivity index (χ3n) is 5.37. The average Bonchev–Trinajstić information content (AvgIpc) is 3.03. The summed E-state index contributed by atoms with van der Waals surface area (Å²) in [6.07, 6.45) is 3.77. The van der Waals surface area contributed by atoms with Gasteiger partial charge in [-0.3, -0.25) is 4.79 Å². The van der Waals surface area contributed by atoms with E-state index in [2.05, 4.69) is 32.9 Å². The zero-order chi connectivity index (χ0) is 21.9. The third-order valence-corrected chi connectivity index (χ3v) is 7.35. The highest BCUT2D eigenvalue weighted by Crippen LogP contribution is 2.24. The summed E-state index contributed by atoms with van der Waals surface area (Å²) in [5.74, 6) is -0.0699. The zero-order valence-electron chi connectivity index (χ0n) is 17.6. The molecule has 6 heteroatoms. The van der Waals surface area contributed by atoms with Gasteiger partial charge in [0.25, 0.3) is 0 Å². The molecule has 1 aliphatic heterocycles. The molecule has 0 N–H and O–H groups in total. The minimum Gasteiger partial charge on any atom is -0.331 e. The fourth-order valence-corrected chi connectivity index (χ4v) is 5.54. The highest BCUT2D eigenvalue weighted by molar-refractivity contribution is 7.91. The highest BCUT2D eigenvalue weighted by atomic mass is 35.5. The van der Waals surface area contributed by atoms with Gasteiger partial charge >= 0.3 is 0 Å². The van der Waals surface area contributed by atoms with Crippen molar-refractivity contribution in [3.05, 3.63) is 76.3 Å². The molecule has 0 aliphatic carbocycles. The lowest BCUT2D eigenvalue weighted by molar-refractivity contribution is -0.128. The molecule has 1 aliphatic rings. The van der Waals surface area contributed by atoms with Gasteiger partial charge in [0.15, 0.2) is 9.84 Å². The van der Waals surface area contributed by atoms with Gasteiger partial charge in [0, 0.05) is 23.7 Å². The Morgan fingerprint density at radius 3 is 2.43 bits per heavy atom.